The maximum Gasteiger partial charge on any atom is 0.433 e. The smallest absolute Gasteiger partial charge is 0.433 e. The molecule has 0 atom stereocenters. The first-order chi connectivity index (χ1) is 15.8. The Labute approximate surface area is 185 Å². The number of carbonyl (C=O) groups excluding carboxylic acids is 1. The van der Waals surface area contributed by atoms with Gasteiger partial charge >= 0.3 is 12.1 Å². The van der Waals surface area contributed by atoms with E-state index in [2.05, 4.69) is 15.2 Å². The Bertz CT molecular complexity index is 1330. The highest BCUT2D eigenvalue weighted by Crippen LogP contribution is 2.33. The van der Waals surface area contributed by atoms with E-state index in [1.807, 2.05) is 0 Å². The van der Waals surface area contributed by atoms with Crippen molar-refractivity contribution in [1.29, 1.82) is 0 Å². The monoisotopic (exact) mass is 455 g/mol. The molecule has 4 rings (SSSR count). The molecule has 0 spiro atoms. The van der Waals surface area contributed by atoms with Crippen LogP contribution in [0.2, 0.25) is 0 Å². The van der Waals surface area contributed by atoms with Crippen molar-refractivity contribution in [3.63, 3.8) is 0 Å². The van der Waals surface area contributed by atoms with Crippen molar-refractivity contribution < 1.29 is 27.5 Å². The SMILES string of the molecule is COc1ccc(-c2cc(C(F)(F)F)n3ncc(C(=O)O/N=C(\N)c4ccccc4)c3n2)cc1. The van der Waals surface area contributed by atoms with E-state index in [9.17, 15) is 18.0 Å². The Balaban J connectivity index is 1.75. The molecule has 0 radical (unpaired) electrons. The van der Waals surface area contributed by atoms with Gasteiger partial charge in [0.15, 0.2) is 17.2 Å². The number of alkyl halides is 3. The van der Waals surface area contributed by atoms with Gasteiger partial charge in [0.25, 0.3) is 0 Å². The largest absolute Gasteiger partial charge is 0.497 e. The Morgan fingerprint density at radius 1 is 1.09 bits per heavy atom. The van der Waals surface area contributed by atoms with E-state index in [4.69, 9.17) is 15.3 Å². The number of oxime groups is 1. The third-order valence-corrected chi connectivity index (χ3v) is 4.66. The fourth-order valence-electron chi connectivity index (χ4n) is 3.02. The van der Waals surface area contributed by atoms with Crippen LogP contribution in [0.5, 0.6) is 5.75 Å². The third kappa shape index (κ3) is 4.47. The first-order valence-corrected chi connectivity index (χ1v) is 9.48. The number of carbonyl (C=O) groups is 1. The number of rotatable bonds is 5. The molecule has 2 aromatic heterocycles. The molecule has 0 saturated heterocycles. The van der Waals surface area contributed by atoms with Crippen molar-refractivity contribution in [1.82, 2.24) is 14.6 Å². The highest BCUT2D eigenvalue weighted by Gasteiger charge is 2.36. The van der Waals surface area contributed by atoms with Crippen LogP contribution >= 0.6 is 0 Å². The maximum atomic E-state index is 13.7. The van der Waals surface area contributed by atoms with Crippen LogP contribution in [0.3, 0.4) is 0 Å². The number of ether oxygens (including phenoxy) is 1. The van der Waals surface area contributed by atoms with Gasteiger partial charge in [-0.1, -0.05) is 35.5 Å². The first-order valence-electron chi connectivity index (χ1n) is 9.48. The summed E-state index contributed by atoms with van der Waals surface area (Å²) in [5, 5.41) is 7.26. The number of amidine groups is 1. The number of hydrogen-bond donors (Lipinski definition) is 1. The molecule has 2 heterocycles. The minimum absolute atomic E-state index is 0.0145. The molecular formula is C22H16F3N5O3. The molecule has 0 unspecified atom stereocenters. The Morgan fingerprint density at radius 2 is 1.79 bits per heavy atom. The van der Waals surface area contributed by atoms with Crippen molar-refractivity contribution >= 4 is 17.5 Å². The molecule has 2 N–H and O–H groups in total. The second-order valence-corrected chi connectivity index (χ2v) is 6.77. The number of halogens is 3. The van der Waals surface area contributed by atoms with Crippen LogP contribution in [0, 0.1) is 0 Å². The molecule has 11 heteroatoms. The molecule has 168 valence electrons. The summed E-state index contributed by atoms with van der Waals surface area (Å²) in [4.78, 5) is 21.6. The van der Waals surface area contributed by atoms with Crippen LogP contribution in [0.4, 0.5) is 13.2 Å². The molecule has 0 aliphatic carbocycles. The highest BCUT2D eigenvalue weighted by molar-refractivity contribution is 5.99. The van der Waals surface area contributed by atoms with Crippen molar-refractivity contribution in [3.8, 4) is 17.0 Å². The lowest BCUT2D eigenvalue weighted by Gasteiger charge is -2.11. The van der Waals surface area contributed by atoms with Gasteiger partial charge in [-0.2, -0.15) is 18.3 Å². The summed E-state index contributed by atoms with van der Waals surface area (Å²) in [5.41, 5.74) is 4.92. The van der Waals surface area contributed by atoms with E-state index in [0.29, 0.717) is 21.4 Å². The second kappa shape index (κ2) is 8.61. The number of nitrogens with two attached hydrogens (primary N) is 1. The normalized spacial score (nSPS) is 12.1. The lowest BCUT2D eigenvalue weighted by molar-refractivity contribution is -0.142. The maximum absolute atomic E-state index is 13.7. The molecule has 0 fully saturated rings. The molecule has 0 aliphatic rings. The topological polar surface area (TPSA) is 104 Å². The van der Waals surface area contributed by atoms with Crippen LogP contribution < -0.4 is 10.5 Å². The lowest BCUT2D eigenvalue weighted by Crippen LogP contribution is -2.16. The predicted octanol–water partition coefficient (Wildman–Crippen LogP) is 3.90. The molecule has 0 saturated carbocycles. The zero-order valence-corrected chi connectivity index (χ0v) is 17.1. The Morgan fingerprint density at radius 3 is 2.42 bits per heavy atom. The van der Waals surface area contributed by atoms with Crippen molar-refractivity contribution in [2.75, 3.05) is 7.11 Å². The summed E-state index contributed by atoms with van der Waals surface area (Å²) in [6.07, 6.45) is -3.82. The van der Waals surface area contributed by atoms with Crippen molar-refractivity contribution in [3.05, 3.63) is 83.7 Å². The summed E-state index contributed by atoms with van der Waals surface area (Å²) in [6, 6.07) is 15.6. The molecule has 8 nitrogen and oxygen atoms in total. The average Bonchev–Trinajstić information content (AvgIpc) is 3.25. The zero-order chi connectivity index (χ0) is 23.6. The van der Waals surface area contributed by atoms with Crippen LogP contribution in [-0.4, -0.2) is 33.5 Å². The number of aromatic nitrogens is 3. The van der Waals surface area contributed by atoms with Gasteiger partial charge in [0.2, 0.25) is 0 Å². The molecule has 33 heavy (non-hydrogen) atoms. The summed E-state index contributed by atoms with van der Waals surface area (Å²) in [7, 11) is 1.47. The van der Waals surface area contributed by atoms with E-state index < -0.39 is 17.8 Å². The first kappa shape index (κ1) is 21.8. The van der Waals surface area contributed by atoms with E-state index in [1.165, 1.54) is 7.11 Å². The number of methoxy groups -OCH3 is 1. The predicted molar refractivity (Wildman–Crippen MR) is 113 cm³/mol. The van der Waals surface area contributed by atoms with E-state index in [1.54, 1.807) is 54.6 Å². The average molecular weight is 455 g/mol. The van der Waals surface area contributed by atoms with Gasteiger partial charge in [0.1, 0.15) is 11.3 Å². The number of fused-ring (bicyclic) bond motifs is 1. The van der Waals surface area contributed by atoms with Gasteiger partial charge in [-0.3, -0.25) is 0 Å². The molecule has 0 amide bonds. The number of benzene rings is 2. The van der Waals surface area contributed by atoms with Gasteiger partial charge in [-0.25, -0.2) is 14.3 Å². The Kier molecular flexibility index (Phi) is 5.69. The van der Waals surface area contributed by atoms with Crippen LogP contribution in [0.25, 0.3) is 16.9 Å². The quantitative estimate of drug-likeness (QED) is 0.212. The molecule has 4 aromatic rings. The zero-order valence-electron chi connectivity index (χ0n) is 17.1. The van der Waals surface area contributed by atoms with Gasteiger partial charge in [-0.15, -0.1) is 0 Å². The van der Waals surface area contributed by atoms with E-state index in [-0.39, 0.29) is 22.7 Å². The van der Waals surface area contributed by atoms with Crippen LogP contribution in [0.1, 0.15) is 21.6 Å². The standard InChI is InChI=1S/C22H16F3N5O3/c1-32-15-9-7-13(8-10-15)17-11-18(22(23,24)25)30-20(28-17)16(12-27-30)21(31)33-29-19(26)14-5-3-2-4-6-14/h2-12H,1H3,(H2,26,29). The molecule has 0 aliphatic heterocycles. The van der Waals surface area contributed by atoms with Crippen LogP contribution in [0.15, 0.2) is 72.0 Å². The summed E-state index contributed by atoms with van der Waals surface area (Å²) < 4.78 is 46.8. The van der Waals surface area contributed by atoms with E-state index >= 15 is 0 Å². The molecule has 0 bridgehead atoms. The summed E-state index contributed by atoms with van der Waals surface area (Å²) in [5.74, 6) is -0.613. The minimum Gasteiger partial charge on any atom is -0.497 e. The fourth-order valence-corrected chi connectivity index (χ4v) is 3.02. The van der Waals surface area contributed by atoms with Gasteiger partial charge < -0.3 is 15.3 Å². The van der Waals surface area contributed by atoms with Gasteiger partial charge in [-0.05, 0) is 30.3 Å². The molecular weight excluding hydrogens is 439 g/mol. The summed E-state index contributed by atoms with van der Waals surface area (Å²) in [6.45, 7) is 0. The molecule has 2 aromatic carbocycles. The number of hydrogen-bond acceptors (Lipinski definition) is 6. The summed E-state index contributed by atoms with van der Waals surface area (Å²) >= 11 is 0. The Hall–Kier alpha value is -4.41. The third-order valence-electron chi connectivity index (χ3n) is 4.66. The van der Waals surface area contributed by atoms with Crippen LogP contribution in [-0.2, 0) is 11.0 Å². The van der Waals surface area contributed by atoms with Crippen molar-refractivity contribution in [2.45, 2.75) is 6.18 Å². The lowest BCUT2D eigenvalue weighted by atomic mass is 10.1. The fraction of sp³-hybridized carbons (Fsp3) is 0.0909. The number of nitrogens with zero attached hydrogens (tertiary/aromatic N) is 4. The highest BCUT2D eigenvalue weighted by atomic mass is 19.4. The van der Waals surface area contributed by atoms with Gasteiger partial charge in [0, 0.05) is 11.1 Å². The van der Waals surface area contributed by atoms with E-state index in [0.717, 1.165) is 12.3 Å². The van der Waals surface area contributed by atoms with Crippen molar-refractivity contribution in [2.24, 2.45) is 10.9 Å². The van der Waals surface area contributed by atoms with Gasteiger partial charge in [0.05, 0.1) is 19.0 Å². The minimum atomic E-state index is -4.76. The second-order valence-electron chi connectivity index (χ2n) is 6.77.